The van der Waals surface area contributed by atoms with Crippen molar-refractivity contribution in [1.29, 1.82) is 0 Å². The zero-order chi connectivity index (χ0) is 16.7. The van der Waals surface area contributed by atoms with Crippen LogP contribution < -0.4 is 10.8 Å². The molecule has 1 aromatic carbocycles. The highest BCUT2D eigenvalue weighted by Gasteiger charge is 2.53. The van der Waals surface area contributed by atoms with Crippen molar-refractivity contribution in [3.05, 3.63) is 28.3 Å². The van der Waals surface area contributed by atoms with E-state index in [9.17, 15) is 14.9 Å². The van der Waals surface area contributed by atoms with Crippen molar-refractivity contribution in [2.45, 2.75) is 45.8 Å². The maximum Gasteiger partial charge on any atom is 0.502 e. The quantitative estimate of drug-likeness (QED) is 0.523. The van der Waals surface area contributed by atoms with Crippen molar-refractivity contribution in [3.8, 4) is 0 Å². The van der Waals surface area contributed by atoms with Crippen LogP contribution in [0, 0.1) is 10.1 Å². The molecule has 1 amide bonds. The van der Waals surface area contributed by atoms with Crippen LogP contribution in [0.1, 0.15) is 34.6 Å². The lowest BCUT2D eigenvalue weighted by Crippen LogP contribution is -2.41. The largest absolute Gasteiger partial charge is 0.502 e. The maximum absolute atomic E-state index is 11.2. The van der Waals surface area contributed by atoms with Crippen LogP contribution >= 0.6 is 0 Å². The predicted octanol–water partition coefficient (Wildman–Crippen LogP) is 1.85. The van der Waals surface area contributed by atoms with E-state index in [1.165, 1.54) is 25.1 Å². The fraction of sp³-hybridized carbons (Fsp3) is 0.500. The Labute approximate surface area is 129 Å². The van der Waals surface area contributed by atoms with Gasteiger partial charge in [-0.25, -0.2) is 0 Å². The normalized spacial score (nSPS) is 19.0. The van der Waals surface area contributed by atoms with Gasteiger partial charge >= 0.3 is 7.12 Å². The Morgan fingerprint density at radius 1 is 1.23 bits per heavy atom. The minimum atomic E-state index is -0.862. The van der Waals surface area contributed by atoms with Crippen LogP contribution in [0.2, 0.25) is 0 Å². The second-order valence-corrected chi connectivity index (χ2v) is 6.30. The molecule has 0 aromatic heterocycles. The topological polar surface area (TPSA) is 90.7 Å². The molecule has 1 fully saturated rings. The zero-order valence-corrected chi connectivity index (χ0v) is 13.3. The van der Waals surface area contributed by atoms with Gasteiger partial charge in [-0.2, -0.15) is 0 Å². The molecule has 1 aliphatic heterocycles. The van der Waals surface area contributed by atoms with Gasteiger partial charge in [-0.3, -0.25) is 14.9 Å². The molecule has 0 aliphatic carbocycles. The molecule has 1 heterocycles. The third-order valence-corrected chi connectivity index (χ3v) is 4.05. The molecule has 0 radical (unpaired) electrons. The van der Waals surface area contributed by atoms with Crippen LogP contribution in [0.5, 0.6) is 0 Å². The molecule has 7 nitrogen and oxygen atoms in total. The Balaban J connectivity index is 2.44. The summed E-state index contributed by atoms with van der Waals surface area (Å²) in [5.74, 6) is -0.256. The van der Waals surface area contributed by atoms with E-state index < -0.39 is 23.2 Å². The van der Waals surface area contributed by atoms with Crippen molar-refractivity contribution in [2.75, 3.05) is 5.32 Å². The number of nitro benzene ring substituents is 1. The molecule has 8 heteroatoms. The number of carbonyl (C=O) groups excluding carboxylic acids is 1. The van der Waals surface area contributed by atoms with Gasteiger partial charge in [0.1, 0.15) is 0 Å². The lowest BCUT2D eigenvalue weighted by Gasteiger charge is -2.32. The van der Waals surface area contributed by atoms with E-state index in [-0.39, 0.29) is 17.1 Å². The lowest BCUT2D eigenvalue weighted by molar-refractivity contribution is -0.383. The third-order valence-electron chi connectivity index (χ3n) is 4.05. The number of rotatable bonds is 3. The molecule has 22 heavy (non-hydrogen) atoms. The highest BCUT2D eigenvalue weighted by molar-refractivity contribution is 6.63. The number of anilines is 1. The molecule has 0 saturated carbocycles. The standard InChI is InChI=1S/C14H19BN2O5/c1-9(18)16-10-6-7-12(17(19)20)11(8-10)15-21-13(2,3)14(4,5)22-15/h6-8H,1-5H3,(H,16,18). The Kier molecular flexibility index (Phi) is 4.01. The monoisotopic (exact) mass is 306 g/mol. The predicted molar refractivity (Wildman–Crippen MR) is 83.1 cm³/mol. The first-order valence-electron chi connectivity index (χ1n) is 6.95. The summed E-state index contributed by atoms with van der Waals surface area (Å²) >= 11 is 0. The number of carbonyl (C=O) groups is 1. The second-order valence-electron chi connectivity index (χ2n) is 6.30. The molecule has 1 aromatic rings. The first-order valence-corrected chi connectivity index (χ1v) is 6.95. The van der Waals surface area contributed by atoms with Crippen LogP contribution in [-0.2, 0) is 14.1 Å². The van der Waals surface area contributed by atoms with Crippen molar-refractivity contribution in [1.82, 2.24) is 0 Å². The molecule has 0 unspecified atom stereocenters. The zero-order valence-electron chi connectivity index (χ0n) is 13.3. The molecule has 0 spiro atoms. The molecule has 0 atom stereocenters. The third kappa shape index (κ3) is 2.98. The van der Waals surface area contributed by atoms with Crippen molar-refractivity contribution >= 4 is 29.9 Å². The molecule has 0 bridgehead atoms. The summed E-state index contributed by atoms with van der Waals surface area (Å²) < 4.78 is 11.7. The first-order chi connectivity index (χ1) is 10.0. The number of hydrogen-bond donors (Lipinski definition) is 1. The molecular weight excluding hydrogens is 287 g/mol. The van der Waals surface area contributed by atoms with E-state index in [2.05, 4.69) is 5.32 Å². The number of nitrogens with zero attached hydrogens (tertiary/aromatic N) is 1. The Hall–Kier alpha value is -1.93. The lowest BCUT2D eigenvalue weighted by atomic mass is 9.77. The van der Waals surface area contributed by atoms with Gasteiger partial charge in [-0.05, 0) is 39.8 Å². The van der Waals surface area contributed by atoms with Gasteiger partial charge in [0.25, 0.3) is 5.69 Å². The fourth-order valence-electron chi connectivity index (χ4n) is 2.16. The van der Waals surface area contributed by atoms with Crippen molar-refractivity contribution < 1.29 is 19.0 Å². The van der Waals surface area contributed by atoms with E-state index in [0.717, 1.165) is 0 Å². The van der Waals surface area contributed by atoms with E-state index in [0.29, 0.717) is 5.69 Å². The first kappa shape index (κ1) is 16.4. The summed E-state index contributed by atoms with van der Waals surface area (Å²) in [4.78, 5) is 21.9. The van der Waals surface area contributed by atoms with Gasteiger partial charge in [0, 0.05) is 18.7 Å². The van der Waals surface area contributed by atoms with Crippen molar-refractivity contribution in [3.63, 3.8) is 0 Å². The average Bonchev–Trinajstić information content (AvgIpc) is 2.57. The van der Waals surface area contributed by atoms with Gasteiger partial charge in [-0.1, -0.05) is 0 Å². The van der Waals surface area contributed by atoms with Gasteiger partial charge in [-0.15, -0.1) is 0 Å². The van der Waals surface area contributed by atoms with E-state index in [1.54, 1.807) is 0 Å². The maximum atomic E-state index is 11.2. The number of benzene rings is 1. The summed E-state index contributed by atoms with van der Waals surface area (Å²) in [6.45, 7) is 8.86. The van der Waals surface area contributed by atoms with Gasteiger partial charge in [0.15, 0.2) is 0 Å². The summed E-state index contributed by atoms with van der Waals surface area (Å²) in [5, 5.41) is 13.8. The van der Waals surface area contributed by atoms with Crippen molar-refractivity contribution in [2.24, 2.45) is 0 Å². The van der Waals surface area contributed by atoms with Crippen LogP contribution in [-0.4, -0.2) is 29.2 Å². The Morgan fingerprint density at radius 3 is 2.23 bits per heavy atom. The van der Waals surface area contributed by atoms with Crippen LogP contribution in [0.3, 0.4) is 0 Å². The van der Waals surface area contributed by atoms with E-state index >= 15 is 0 Å². The summed E-state index contributed by atoms with van der Waals surface area (Å²) in [7, 11) is -0.862. The SMILES string of the molecule is CC(=O)Nc1ccc([N+](=O)[O-])c(B2OC(C)(C)C(C)(C)O2)c1. The number of hydrogen-bond acceptors (Lipinski definition) is 5. The summed E-state index contributed by atoms with van der Waals surface area (Å²) in [6, 6.07) is 4.33. The second kappa shape index (κ2) is 5.37. The van der Waals surface area contributed by atoms with Gasteiger partial charge in [0.05, 0.1) is 21.6 Å². The Morgan fingerprint density at radius 2 is 1.77 bits per heavy atom. The highest BCUT2D eigenvalue weighted by Crippen LogP contribution is 2.37. The van der Waals surface area contributed by atoms with Crippen LogP contribution in [0.25, 0.3) is 0 Å². The van der Waals surface area contributed by atoms with Gasteiger partial charge in [0.2, 0.25) is 5.91 Å². The molecule has 1 N–H and O–H groups in total. The Bertz CT molecular complexity index is 614. The molecular formula is C14H19BN2O5. The van der Waals surface area contributed by atoms with E-state index in [1.807, 2.05) is 27.7 Å². The molecule has 118 valence electrons. The number of nitrogens with one attached hydrogen (secondary N) is 1. The minimum Gasteiger partial charge on any atom is -0.399 e. The average molecular weight is 306 g/mol. The summed E-state index contributed by atoms with van der Waals surface area (Å²) in [5.41, 5.74) is -0.559. The number of amides is 1. The van der Waals surface area contributed by atoms with E-state index in [4.69, 9.17) is 9.31 Å². The number of nitro groups is 1. The molecule has 2 rings (SSSR count). The molecule has 1 aliphatic rings. The minimum absolute atomic E-state index is 0.104. The van der Waals surface area contributed by atoms with Crippen LogP contribution in [0.15, 0.2) is 18.2 Å². The fourth-order valence-corrected chi connectivity index (χ4v) is 2.16. The smallest absolute Gasteiger partial charge is 0.399 e. The summed E-state index contributed by atoms with van der Waals surface area (Å²) in [6.07, 6.45) is 0. The highest BCUT2D eigenvalue weighted by atomic mass is 16.7. The molecule has 1 saturated heterocycles. The van der Waals surface area contributed by atoms with Crippen LogP contribution in [0.4, 0.5) is 11.4 Å². The van der Waals surface area contributed by atoms with Gasteiger partial charge < -0.3 is 14.6 Å².